The molecule has 0 bridgehead atoms. The van der Waals surface area contributed by atoms with Crippen LogP contribution < -0.4 is 10.8 Å². The number of hydrogen-bond donors (Lipinski definition) is 3. The Balaban J connectivity index is 1.66. The van der Waals surface area contributed by atoms with Crippen molar-refractivity contribution in [1.29, 1.82) is 0 Å². The Morgan fingerprint density at radius 3 is 1.92 bits per heavy atom. The maximum absolute atomic E-state index is 9.54. The summed E-state index contributed by atoms with van der Waals surface area (Å²) < 4.78 is 0. The Morgan fingerprint density at radius 2 is 1.29 bits per heavy atom. The van der Waals surface area contributed by atoms with Crippen LogP contribution in [0.3, 0.4) is 0 Å². The molecule has 3 nitrogen and oxygen atoms in total. The molecule has 0 heterocycles. The summed E-state index contributed by atoms with van der Waals surface area (Å²) in [5, 5.41) is 22.7. The molecule has 0 spiro atoms. The minimum atomic E-state index is -1.45. The molecule has 0 saturated carbocycles. The predicted octanol–water partition coefficient (Wildman–Crippen LogP) is 2.23. The first-order valence-corrected chi connectivity index (χ1v) is 8.11. The summed E-state index contributed by atoms with van der Waals surface area (Å²) >= 11 is 0. The molecule has 3 N–H and O–H groups in total. The van der Waals surface area contributed by atoms with E-state index >= 15 is 0 Å². The molecule has 24 heavy (non-hydrogen) atoms. The van der Waals surface area contributed by atoms with Crippen LogP contribution in [0.5, 0.6) is 0 Å². The summed E-state index contributed by atoms with van der Waals surface area (Å²) in [5.41, 5.74) is 6.50. The van der Waals surface area contributed by atoms with Gasteiger partial charge >= 0.3 is 7.12 Å². The van der Waals surface area contributed by atoms with Gasteiger partial charge in [-0.3, -0.25) is 0 Å². The zero-order valence-corrected chi connectivity index (χ0v) is 13.2. The normalized spacial score (nSPS) is 12.8. The van der Waals surface area contributed by atoms with E-state index < -0.39 is 7.12 Å². The fraction of sp³-hybridized carbons (Fsp3) is 0.100. The zero-order chi connectivity index (χ0) is 16.5. The van der Waals surface area contributed by atoms with Crippen LogP contribution in [-0.4, -0.2) is 17.2 Å². The largest absolute Gasteiger partial charge is 0.488 e. The van der Waals surface area contributed by atoms with E-state index in [1.807, 2.05) is 18.2 Å². The maximum atomic E-state index is 9.54. The maximum Gasteiger partial charge on any atom is 0.488 e. The summed E-state index contributed by atoms with van der Waals surface area (Å²) in [6.07, 6.45) is 0. The van der Waals surface area contributed by atoms with Crippen LogP contribution in [0.25, 0.3) is 11.1 Å². The van der Waals surface area contributed by atoms with Crippen LogP contribution in [0.1, 0.15) is 22.7 Å². The quantitative estimate of drug-likeness (QED) is 0.647. The summed E-state index contributed by atoms with van der Waals surface area (Å²) in [5.74, 6) is 0. The van der Waals surface area contributed by atoms with Crippen molar-refractivity contribution < 1.29 is 10.0 Å². The van der Waals surface area contributed by atoms with E-state index in [4.69, 9.17) is 0 Å². The third-order valence-corrected chi connectivity index (χ3v) is 4.66. The van der Waals surface area contributed by atoms with Crippen molar-refractivity contribution >= 4 is 12.6 Å². The van der Waals surface area contributed by atoms with Crippen LogP contribution in [-0.2, 0) is 6.54 Å². The molecule has 0 saturated heterocycles. The van der Waals surface area contributed by atoms with Crippen molar-refractivity contribution in [3.8, 4) is 11.1 Å². The topological polar surface area (TPSA) is 52.5 Å². The number of nitrogens with one attached hydrogen (secondary N) is 1. The van der Waals surface area contributed by atoms with Gasteiger partial charge in [0.15, 0.2) is 0 Å². The Labute approximate surface area is 141 Å². The first-order chi connectivity index (χ1) is 11.8. The summed E-state index contributed by atoms with van der Waals surface area (Å²) in [4.78, 5) is 0. The van der Waals surface area contributed by atoms with Gasteiger partial charge in [0.1, 0.15) is 0 Å². The highest BCUT2D eigenvalue weighted by Gasteiger charge is 2.27. The lowest BCUT2D eigenvalue weighted by Crippen LogP contribution is -2.35. The molecule has 0 fully saturated rings. The standard InChI is InChI=1S/C20H18BNO2/c23-21(24)19-12-6-1-7-14(19)13-22-20-17-10-4-2-8-15(17)16-9-3-5-11-18(16)20/h1-12,20,22-24H,13H2. The number of fused-ring (bicyclic) bond motifs is 3. The first-order valence-electron chi connectivity index (χ1n) is 8.11. The van der Waals surface area contributed by atoms with Gasteiger partial charge < -0.3 is 15.4 Å². The van der Waals surface area contributed by atoms with E-state index in [2.05, 4.69) is 53.8 Å². The number of hydrogen-bond acceptors (Lipinski definition) is 3. The third-order valence-electron chi connectivity index (χ3n) is 4.66. The first kappa shape index (κ1) is 15.2. The van der Waals surface area contributed by atoms with Crippen LogP contribution in [0.15, 0.2) is 72.8 Å². The molecule has 4 rings (SSSR count). The van der Waals surface area contributed by atoms with Gasteiger partial charge in [0.25, 0.3) is 0 Å². The Hall–Kier alpha value is -2.40. The molecule has 0 aromatic heterocycles. The lowest BCUT2D eigenvalue weighted by atomic mass is 9.77. The molecule has 0 atom stereocenters. The highest BCUT2D eigenvalue weighted by Crippen LogP contribution is 2.43. The van der Waals surface area contributed by atoms with Crippen molar-refractivity contribution in [2.45, 2.75) is 12.6 Å². The average molecular weight is 315 g/mol. The lowest BCUT2D eigenvalue weighted by molar-refractivity contribution is 0.425. The molecular weight excluding hydrogens is 297 g/mol. The van der Waals surface area contributed by atoms with E-state index in [1.54, 1.807) is 6.07 Å². The van der Waals surface area contributed by atoms with Crippen molar-refractivity contribution in [2.24, 2.45) is 0 Å². The molecule has 0 aliphatic heterocycles. The van der Waals surface area contributed by atoms with E-state index in [-0.39, 0.29) is 6.04 Å². The van der Waals surface area contributed by atoms with E-state index in [1.165, 1.54) is 22.3 Å². The van der Waals surface area contributed by atoms with Gasteiger partial charge in [-0.2, -0.15) is 0 Å². The Bertz CT molecular complexity index is 833. The minimum absolute atomic E-state index is 0.112. The minimum Gasteiger partial charge on any atom is -0.423 e. The van der Waals surface area contributed by atoms with Gasteiger partial charge in [0, 0.05) is 6.54 Å². The van der Waals surface area contributed by atoms with Crippen molar-refractivity contribution in [1.82, 2.24) is 5.32 Å². The van der Waals surface area contributed by atoms with Crippen molar-refractivity contribution in [2.75, 3.05) is 0 Å². The smallest absolute Gasteiger partial charge is 0.423 e. The second-order valence-corrected chi connectivity index (χ2v) is 6.06. The molecular formula is C20H18BNO2. The van der Waals surface area contributed by atoms with Crippen LogP contribution >= 0.6 is 0 Å². The van der Waals surface area contributed by atoms with Gasteiger partial charge in [0.05, 0.1) is 6.04 Å². The molecule has 0 radical (unpaired) electrons. The van der Waals surface area contributed by atoms with Gasteiger partial charge in [-0.15, -0.1) is 0 Å². The second-order valence-electron chi connectivity index (χ2n) is 6.06. The van der Waals surface area contributed by atoms with E-state index in [9.17, 15) is 10.0 Å². The summed E-state index contributed by atoms with van der Waals surface area (Å²) in [7, 11) is -1.45. The Kier molecular flexibility index (Phi) is 3.94. The molecule has 4 heteroatoms. The van der Waals surface area contributed by atoms with Gasteiger partial charge in [0.2, 0.25) is 0 Å². The van der Waals surface area contributed by atoms with E-state index in [0.29, 0.717) is 12.0 Å². The lowest BCUT2D eigenvalue weighted by Gasteiger charge is -2.17. The summed E-state index contributed by atoms with van der Waals surface area (Å²) in [6, 6.07) is 24.4. The zero-order valence-electron chi connectivity index (χ0n) is 13.2. The molecule has 0 unspecified atom stereocenters. The SMILES string of the molecule is OB(O)c1ccccc1CNC1c2ccccc2-c2ccccc21. The number of benzene rings is 3. The predicted molar refractivity (Wildman–Crippen MR) is 96.8 cm³/mol. The molecule has 1 aliphatic carbocycles. The highest BCUT2D eigenvalue weighted by atomic mass is 16.4. The van der Waals surface area contributed by atoms with Crippen LogP contribution in [0, 0.1) is 0 Å². The highest BCUT2D eigenvalue weighted by molar-refractivity contribution is 6.59. The monoisotopic (exact) mass is 315 g/mol. The number of rotatable bonds is 4. The van der Waals surface area contributed by atoms with Gasteiger partial charge in [-0.05, 0) is 33.3 Å². The van der Waals surface area contributed by atoms with Crippen molar-refractivity contribution in [3.05, 3.63) is 89.5 Å². The van der Waals surface area contributed by atoms with Gasteiger partial charge in [-0.25, -0.2) is 0 Å². The van der Waals surface area contributed by atoms with Gasteiger partial charge in [-0.1, -0.05) is 72.8 Å². The average Bonchev–Trinajstić information content (AvgIpc) is 2.94. The molecule has 0 amide bonds. The van der Waals surface area contributed by atoms with Crippen LogP contribution in [0.2, 0.25) is 0 Å². The second kappa shape index (κ2) is 6.25. The molecule has 1 aliphatic rings. The fourth-order valence-electron chi connectivity index (χ4n) is 3.53. The van der Waals surface area contributed by atoms with Crippen LogP contribution in [0.4, 0.5) is 0 Å². The Morgan fingerprint density at radius 1 is 0.750 bits per heavy atom. The van der Waals surface area contributed by atoms with Crippen molar-refractivity contribution in [3.63, 3.8) is 0 Å². The molecule has 3 aromatic rings. The molecule has 3 aromatic carbocycles. The third kappa shape index (κ3) is 2.55. The fourth-order valence-corrected chi connectivity index (χ4v) is 3.53. The van der Waals surface area contributed by atoms with E-state index in [0.717, 1.165) is 5.56 Å². The molecule has 118 valence electrons. The summed E-state index contributed by atoms with van der Waals surface area (Å²) in [6.45, 7) is 0.571.